The summed E-state index contributed by atoms with van der Waals surface area (Å²) in [6.07, 6.45) is 2.10. The van der Waals surface area contributed by atoms with Crippen LogP contribution in [0.15, 0.2) is 18.2 Å². The van der Waals surface area contributed by atoms with Crippen molar-refractivity contribution in [2.75, 3.05) is 6.54 Å². The highest BCUT2D eigenvalue weighted by atomic mass is 35.5. The smallest absolute Gasteiger partial charge is 0.234 e. The van der Waals surface area contributed by atoms with Gasteiger partial charge in [0.2, 0.25) is 11.8 Å². The van der Waals surface area contributed by atoms with Gasteiger partial charge in [-0.15, -0.1) is 12.4 Å². The Morgan fingerprint density at radius 3 is 2.74 bits per heavy atom. The highest BCUT2D eigenvalue weighted by Crippen LogP contribution is 2.27. The summed E-state index contributed by atoms with van der Waals surface area (Å²) >= 11 is 0. The first-order valence-electron chi connectivity index (χ1n) is 6.40. The Morgan fingerprint density at radius 2 is 1.95 bits per heavy atom. The van der Waals surface area contributed by atoms with Crippen LogP contribution >= 0.6 is 12.4 Å². The van der Waals surface area contributed by atoms with Crippen molar-refractivity contribution in [2.45, 2.75) is 31.7 Å². The molecule has 0 saturated carbocycles. The van der Waals surface area contributed by atoms with Gasteiger partial charge >= 0.3 is 0 Å². The molecule has 2 amide bonds. The van der Waals surface area contributed by atoms with Crippen LogP contribution in [-0.2, 0) is 22.6 Å². The molecule has 1 aromatic rings. The minimum Gasteiger partial charge on any atom is -0.312 e. The van der Waals surface area contributed by atoms with Gasteiger partial charge in [0, 0.05) is 13.0 Å². The Labute approximate surface area is 118 Å². The molecule has 1 saturated heterocycles. The standard InChI is InChI=1S/C14H16N2O2.ClH/c17-13-4-3-12(14(18)16-13)10-2-1-9-5-6-15-8-11(9)7-10;/h1-2,7,12,15H,3-6,8H2,(H,16,17,18);1H/t12-;/m1./s1. The van der Waals surface area contributed by atoms with Gasteiger partial charge in [-0.3, -0.25) is 14.9 Å². The van der Waals surface area contributed by atoms with E-state index in [0.717, 1.165) is 25.1 Å². The molecule has 3 rings (SSSR count). The predicted molar refractivity (Wildman–Crippen MR) is 74.2 cm³/mol. The summed E-state index contributed by atoms with van der Waals surface area (Å²) in [6, 6.07) is 6.26. The lowest BCUT2D eigenvalue weighted by molar-refractivity contribution is -0.134. The average molecular weight is 281 g/mol. The fourth-order valence-electron chi connectivity index (χ4n) is 2.73. The minimum atomic E-state index is -0.171. The third kappa shape index (κ3) is 2.80. The Kier molecular flexibility index (Phi) is 4.22. The highest BCUT2D eigenvalue weighted by molar-refractivity contribution is 6.00. The van der Waals surface area contributed by atoms with Gasteiger partial charge < -0.3 is 5.32 Å². The van der Waals surface area contributed by atoms with Gasteiger partial charge in [0.15, 0.2) is 0 Å². The van der Waals surface area contributed by atoms with E-state index in [9.17, 15) is 9.59 Å². The number of carbonyl (C=O) groups is 2. The minimum absolute atomic E-state index is 0. The molecular weight excluding hydrogens is 264 g/mol. The Morgan fingerprint density at radius 1 is 1.11 bits per heavy atom. The first-order valence-corrected chi connectivity index (χ1v) is 6.40. The molecule has 2 heterocycles. The van der Waals surface area contributed by atoms with Crippen molar-refractivity contribution in [3.63, 3.8) is 0 Å². The number of benzene rings is 1. The Balaban J connectivity index is 0.00000133. The fourth-order valence-corrected chi connectivity index (χ4v) is 2.73. The second kappa shape index (κ2) is 5.72. The zero-order chi connectivity index (χ0) is 12.5. The molecule has 0 aromatic heterocycles. The molecule has 19 heavy (non-hydrogen) atoms. The fraction of sp³-hybridized carbons (Fsp3) is 0.429. The van der Waals surface area contributed by atoms with E-state index in [4.69, 9.17) is 0 Å². The summed E-state index contributed by atoms with van der Waals surface area (Å²) in [5.41, 5.74) is 3.68. The molecule has 1 fully saturated rings. The van der Waals surface area contributed by atoms with Crippen LogP contribution in [0.5, 0.6) is 0 Å². The maximum atomic E-state index is 11.8. The molecule has 1 aromatic carbocycles. The molecule has 4 nitrogen and oxygen atoms in total. The van der Waals surface area contributed by atoms with Crippen LogP contribution in [0, 0.1) is 0 Å². The second-order valence-electron chi connectivity index (χ2n) is 4.96. The van der Waals surface area contributed by atoms with Crippen molar-refractivity contribution < 1.29 is 9.59 Å². The molecule has 0 spiro atoms. The van der Waals surface area contributed by atoms with Gasteiger partial charge in [-0.1, -0.05) is 18.2 Å². The number of fused-ring (bicyclic) bond motifs is 1. The van der Waals surface area contributed by atoms with Crippen LogP contribution in [0.1, 0.15) is 35.4 Å². The third-order valence-electron chi connectivity index (χ3n) is 3.76. The molecule has 0 radical (unpaired) electrons. The number of imide groups is 1. The van der Waals surface area contributed by atoms with E-state index in [1.165, 1.54) is 11.1 Å². The number of nitrogens with one attached hydrogen (secondary N) is 2. The van der Waals surface area contributed by atoms with Crippen LogP contribution in [0.3, 0.4) is 0 Å². The van der Waals surface area contributed by atoms with Gasteiger partial charge in [-0.25, -0.2) is 0 Å². The van der Waals surface area contributed by atoms with Crippen LogP contribution in [-0.4, -0.2) is 18.4 Å². The van der Waals surface area contributed by atoms with Crippen molar-refractivity contribution in [3.05, 3.63) is 34.9 Å². The van der Waals surface area contributed by atoms with E-state index < -0.39 is 0 Å². The number of hydrogen-bond acceptors (Lipinski definition) is 3. The number of halogens is 1. The van der Waals surface area contributed by atoms with Crippen molar-refractivity contribution in [2.24, 2.45) is 0 Å². The molecule has 0 unspecified atom stereocenters. The van der Waals surface area contributed by atoms with E-state index >= 15 is 0 Å². The first kappa shape index (κ1) is 14.0. The molecule has 2 N–H and O–H groups in total. The lowest BCUT2D eigenvalue weighted by atomic mass is 9.87. The quantitative estimate of drug-likeness (QED) is 0.762. The van der Waals surface area contributed by atoms with Crippen LogP contribution in [0.4, 0.5) is 0 Å². The highest BCUT2D eigenvalue weighted by Gasteiger charge is 2.28. The molecule has 0 aliphatic carbocycles. The number of carbonyl (C=O) groups excluding carboxylic acids is 2. The second-order valence-corrected chi connectivity index (χ2v) is 4.96. The summed E-state index contributed by atoms with van der Waals surface area (Å²) < 4.78 is 0. The summed E-state index contributed by atoms with van der Waals surface area (Å²) in [4.78, 5) is 23.0. The molecular formula is C14H17ClN2O2. The zero-order valence-electron chi connectivity index (χ0n) is 10.6. The van der Waals surface area contributed by atoms with Crippen molar-refractivity contribution in [1.29, 1.82) is 0 Å². The summed E-state index contributed by atoms with van der Waals surface area (Å²) in [7, 11) is 0. The van der Waals surface area contributed by atoms with E-state index in [1.54, 1.807) is 0 Å². The van der Waals surface area contributed by atoms with Crippen molar-refractivity contribution in [1.82, 2.24) is 10.6 Å². The molecule has 2 aliphatic heterocycles. The third-order valence-corrected chi connectivity index (χ3v) is 3.76. The number of hydrogen-bond donors (Lipinski definition) is 2. The number of amides is 2. The van der Waals surface area contributed by atoms with Gasteiger partial charge in [-0.05, 0) is 36.1 Å². The molecule has 2 aliphatic rings. The summed E-state index contributed by atoms with van der Waals surface area (Å²) in [5.74, 6) is -0.485. The summed E-state index contributed by atoms with van der Waals surface area (Å²) in [5, 5.41) is 5.75. The van der Waals surface area contributed by atoms with Gasteiger partial charge in [0.25, 0.3) is 0 Å². The topological polar surface area (TPSA) is 58.2 Å². The first-order chi connectivity index (χ1) is 8.74. The summed E-state index contributed by atoms with van der Waals surface area (Å²) in [6.45, 7) is 1.89. The lowest BCUT2D eigenvalue weighted by Gasteiger charge is -2.23. The molecule has 102 valence electrons. The maximum Gasteiger partial charge on any atom is 0.234 e. The lowest BCUT2D eigenvalue weighted by Crippen LogP contribution is -2.39. The number of rotatable bonds is 1. The normalized spacial score (nSPS) is 22.2. The Bertz CT molecular complexity index is 516. The average Bonchev–Trinajstić information content (AvgIpc) is 2.38. The SMILES string of the molecule is Cl.O=C1CC[C@H](c2ccc3c(c2)CNCC3)C(=O)N1. The van der Waals surface area contributed by atoms with Crippen LogP contribution < -0.4 is 10.6 Å². The van der Waals surface area contributed by atoms with Crippen LogP contribution in [0.25, 0.3) is 0 Å². The van der Waals surface area contributed by atoms with E-state index in [-0.39, 0.29) is 30.1 Å². The largest absolute Gasteiger partial charge is 0.312 e. The Hall–Kier alpha value is -1.39. The van der Waals surface area contributed by atoms with E-state index in [1.807, 2.05) is 6.07 Å². The molecule has 5 heteroatoms. The van der Waals surface area contributed by atoms with Crippen molar-refractivity contribution in [3.8, 4) is 0 Å². The van der Waals surface area contributed by atoms with E-state index in [0.29, 0.717) is 12.8 Å². The van der Waals surface area contributed by atoms with Gasteiger partial charge in [0.1, 0.15) is 0 Å². The van der Waals surface area contributed by atoms with Crippen molar-refractivity contribution >= 4 is 24.2 Å². The predicted octanol–water partition coefficient (Wildman–Crippen LogP) is 1.27. The van der Waals surface area contributed by atoms with E-state index in [2.05, 4.69) is 22.8 Å². The van der Waals surface area contributed by atoms with Crippen LogP contribution in [0.2, 0.25) is 0 Å². The molecule has 1 atom stereocenters. The monoisotopic (exact) mass is 280 g/mol. The van der Waals surface area contributed by atoms with Gasteiger partial charge in [-0.2, -0.15) is 0 Å². The number of piperidine rings is 1. The maximum absolute atomic E-state index is 11.8. The zero-order valence-corrected chi connectivity index (χ0v) is 11.4. The van der Waals surface area contributed by atoms with Gasteiger partial charge in [0.05, 0.1) is 5.92 Å². The molecule has 0 bridgehead atoms.